The SMILES string of the molecule is NC(=O)c1c(Cl)ncc2sccc12. The minimum Gasteiger partial charge on any atom is -0.365 e. The molecular weight excluding hydrogens is 208 g/mol. The number of thiophene rings is 1. The second kappa shape index (κ2) is 2.97. The molecule has 0 fully saturated rings. The summed E-state index contributed by atoms with van der Waals surface area (Å²) in [6, 6.07) is 1.81. The van der Waals surface area contributed by atoms with E-state index in [-0.39, 0.29) is 5.15 Å². The number of nitrogens with zero attached hydrogens (tertiary/aromatic N) is 1. The van der Waals surface area contributed by atoms with E-state index in [0.717, 1.165) is 10.1 Å². The average Bonchev–Trinajstić information content (AvgIpc) is 2.50. The van der Waals surface area contributed by atoms with Gasteiger partial charge in [-0.3, -0.25) is 4.79 Å². The van der Waals surface area contributed by atoms with Gasteiger partial charge >= 0.3 is 0 Å². The summed E-state index contributed by atoms with van der Waals surface area (Å²) in [5, 5.41) is 2.81. The van der Waals surface area contributed by atoms with E-state index in [9.17, 15) is 4.79 Å². The zero-order chi connectivity index (χ0) is 9.42. The standard InChI is InChI=1S/C8H5ClN2OS/c9-7-6(8(10)12)4-1-2-13-5(4)3-11-7/h1-3H,(H2,10,12). The predicted octanol–water partition coefficient (Wildman–Crippen LogP) is 2.05. The summed E-state index contributed by atoms with van der Waals surface area (Å²) in [5.74, 6) is -0.540. The fourth-order valence-electron chi connectivity index (χ4n) is 1.15. The second-order valence-electron chi connectivity index (χ2n) is 2.49. The molecule has 0 unspecified atom stereocenters. The number of aromatic nitrogens is 1. The van der Waals surface area contributed by atoms with Gasteiger partial charge in [-0.15, -0.1) is 11.3 Å². The lowest BCUT2D eigenvalue weighted by molar-refractivity contribution is 0.100. The molecule has 13 heavy (non-hydrogen) atoms. The number of carbonyl (C=O) groups excluding carboxylic acids is 1. The largest absolute Gasteiger partial charge is 0.365 e. The van der Waals surface area contributed by atoms with Gasteiger partial charge in [-0.2, -0.15) is 0 Å². The van der Waals surface area contributed by atoms with Gasteiger partial charge in [-0.1, -0.05) is 11.6 Å². The van der Waals surface area contributed by atoms with Crippen molar-refractivity contribution < 1.29 is 4.79 Å². The van der Waals surface area contributed by atoms with Crippen molar-refractivity contribution in [3.8, 4) is 0 Å². The Labute approximate surface area is 83.1 Å². The van der Waals surface area contributed by atoms with Crippen LogP contribution in [0.25, 0.3) is 10.1 Å². The topological polar surface area (TPSA) is 56.0 Å². The molecule has 0 atom stereocenters. The van der Waals surface area contributed by atoms with Crippen LogP contribution in [0.15, 0.2) is 17.6 Å². The number of primary amides is 1. The molecule has 0 radical (unpaired) electrons. The summed E-state index contributed by atoms with van der Waals surface area (Å²) in [6.07, 6.45) is 1.63. The molecule has 0 saturated carbocycles. The first-order chi connectivity index (χ1) is 6.20. The third kappa shape index (κ3) is 1.28. The Bertz CT molecular complexity index is 480. The first-order valence-corrected chi connectivity index (χ1v) is 4.77. The van der Waals surface area contributed by atoms with Crippen molar-refractivity contribution >= 4 is 38.9 Å². The lowest BCUT2D eigenvalue weighted by Gasteiger charge is -1.99. The highest BCUT2D eigenvalue weighted by Crippen LogP contribution is 2.27. The van der Waals surface area contributed by atoms with Crippen molar-refractivity contribution in [1.82, 2.24) is 4.98 Å². The molecule has 2 heterocycles. The van der Waals surface area contributed by atoms with Gasteiger partial charge in [-0.05, 0) is 11.4 Å². The minimum atomic E-state index is -0.540. The molecule has 0 aliphatic carbocycles. The predicted molar refractivity (Wildman–Crippen MR) is 53.1 cm³/mol. The van der Waals surface area contributed by atoms with Crippen LogP contribution in [0, 0.1) is 0 Å². The molecule has 66 valence electrons. The van der Waals surface area contributed by atoms with Crippen LogP contribution < -0.4 is 5.73 Å². The van der Waals surface area contributed by atoms with Crippen LogP contribution in [0.1, 0.15) is 10.4 Å². The Morgan fingerprint density at radius 2 is 2.38 bits per heavy atom. The summed E-state index contributed by atoms with van der Waals surface area (Å²) in [5.41, 5.74) is 5.49. The van der Waals surface area contributed by atoms with Crippen molar-refractivity contribution in [2.75, 3.05) is 0 Å². The van der Waals surface area contributed by atoms with Crippen LogP contribution in [0.4, 0.5) is 0 Å². The molecule has 0 aliphatic heterocycles. The normalized spacial score (nSPS) is 10.5. The van der Waals surface area contributed by atoms with Crippen molar-refractivity contribution in [2.45, 2.75) is 0 Å². The van der Waals surface area contributed by atoms with Crippen LogP contribution >= 0.6 is 22.9 Å². The van der Waals surface area contributed by atoms with Gasteiger partial charge in [0.2, 0.25) is 0 Å². The molecule has 3 nitrogen and oxygen atoms in total. The zero-order valence-corrected chi connectivity index (χ0v) is 8.02. The van der Waals surface area contributed by atoms with Gasteiger partial charge in [0.1, 0.15) is 5.15 Å². The Kier molecular flexibility index (Phi) is 1.94. The molecule has 2 aromatic rings. The van der Waals surface area contributed by atoms with Crippen LogP contribution in [-0.2, 0) is 0 Å². The highest BCUT2D eigenvalue weighted by Gasteiger charge is 2.12. The molecule has 2 N–H and O–H groups in total. The van der Waals surface area contributed by atoms with E-state index in [4.69, 9.17) is 17.3 Å². The number of hydrogen-bond acceptors (Lipinski definition) is 3. The van der Waals surface area contributed by atoms with E-state index in [1.54, 1.807) is 6.20 Å². The van der Waals surface area contributed by atoms with E-state index in [0.29, 0.717) is 5.56 Å². The Hall–Kier alpha value is -1.13. The van der Waals surface area contributed by atoms with Crippen LogP contribution in [-0.4, -0.2) is 10.9 Å². The van der Waals surface area contributed by atoms with E-state index in [2.05, 4.69) is 4.98 Å². The van der Waals surface area contributed by atoms with Gasteiger partial charge in [0, 0.05) is 11.6 Å². The summed E-state index contributed by atoms with van der Waals surface area (Å²) in [6.45, 7) is 0. The third-order valence-electron chi connectivity index (χ3n) is 1.71. The highest BCUT2D eigenvalue weighted by atomic mass is 35.5. The van der Waals surface area contributed by atoms with E-state index < -0.39 is 5.91 Å². The molecule has 5 heteroatoms. The van der Waals surface area contributed by atoms with Crippen molar-refractivity contribution in [3.05, 3.63) is 28.4 Å². The summed E-state index contributed by atoms with van der Waals surface area (Å²) < 4.78 is 0.915. The smallest absolute Gasteiger partial charge is 0.252 e. The van der Waals surface area contributed by atoms with Crippen molar-refractivity contribution in [3.63, 3.8) is 0 Å². The molecule has 0 bridgehead atoms. The van der Waals surface area contributed by atoms with Crippen LogP contribution in [0.2, 0.25) is 5.15 Å². The van der Waals surface area contributed by atoms with E-state index >= 15 is 0 Å². The molecule has 0 spiro atoms. The number of pyridine rings is 1. The second-order valence-corrected chi connectivity index (χ2v) is 3.79. The van der Waals surface area contributed by atoms with E-state index in [1.165, 1.54) is 11.3 Å². The van der Waals surface area contributed by atoms with Crippen molar-refractivity contribution in [1.29, 1.82) is 0 Å². The van der Waals surface area contributed by atoms with Crippen LogP contribution in [0.5, 0.6) is 0 Å². The number of rotatable bonds is 1. The highest BCUT2D eigenvalue weighted by molar-refractivity contribution is 7.17. The average molecular weight is 213 g/mol. The lowest BCUT2D eigenvalue weighted by Crippen LogP contribution is -2.12. The van der Waals surface area contributed by atoms with Gasteiger partial charge < -0.3 is 5.73 Å². The van der Waals surface area contributed by atoms with Gasteiger partial charge in [-0.25, -0.2) is 4.98 Å². The molecule has 0 aliphatic rings. The maximum atomic E-state index is 11.0. The number of fused-ring (bicyclic) bond motifs is 1. The minimum absolute atomic E-state index is 0.165. The number of nitrogens with two attached hydrogens (primary N) is 1. The summed E-state index contributed by atoms with van der Waals surface area (Å²) in [7, 11) is 0. The maximum Gasteiger partial charge on any atom is 0.252 e. The molecule has 0 aromatic carbocycles. The molecule has 2 aromatic heterocycles. The first kappa shape index (κ1) is 8.47. The molecule has 2 rings (SSSR count). The Balaban J connectivity index is 2.88. The first-order valence-electron chi connectivity index (χ1n) is 3.51. The van der Waals surface area contributed by atoms with Gasteiger partial charge in [0.15, 0.2) is 0 Å². The van der Waals surface area contributed by atoms with Gasteiger partial charge in [0.05, 0.1) is 10.3 Å². The van der Waals surface area contributed by atoms with Crippen molar-refractivity contribution in [2.24, 2.45) is 5.73 Å². The lowest BCUT2D eigenvalue weighted by atomic mass is 10.2. The number of amides is 1. The molecule has 0 saturated heterocycles. The number of hydrogen-bond donors (Lipinski definition) is 1. The quantitative estimate of drug-likeness (QED) is 0.736. The zero-order valence-electron chi connectivity index (χ0n) is 6.45. The van der Waals surface area contributed by atoms with E-state index in [1.807, 2.05) is 11.4 Å². The number of carbonyl (C=O) groups is 1. The number of halogens is 1. The Morgan fingerprint density at radius 1 is 1.62 bits per heavy atom. The van der Waals surface area contributed by atoms with Gasteiger partial charge in [0.25, 0.3) is 5.91 Å². The summed E-state index contributed by atoms with van der Waals surface area (Å²) >= 11 is 7.25. The Morgan fingerprint density at radius 3 is 3.08 bits per heavy atom. The maximum absolute atomic E-state index is 11.0. The van der Waals surface area contributed by atoms with Crippen LogP contribution in [0.3, 0.4) is 0 Å². The molecule has 1 amide bonds. The summed E-state index contributed by atoms with van der Waals surface area (Å²) in [4.78, 5) is 14.9. The fourth-order valence-corrected chi connectivity index (χ4v) is 2.16. The fraction of sp³-hybridized carbons (Fsp3) is 0. The molecular formula is C8H5ClN2OS. The third-order valence-corrected chi connectivity index (χ3v) is 2.85. The monoisotopic (exact) mass is 212 g/mol.